The van der Waals surface area contributed by atoms with Crippen molar-refractivity contribution in [3.8, 4) is 16.8 Å². The second-order valence-electron chi connectivity index (χ2n) is 14.6. The average Bonchev–Trinajstić information content (AvgIpc) is 3.74. The molecule has 3 heteroatoms. The summed E-state index contributed by atoms with van der Waals surface area (Å²) in [5, 5.41) is 7.90. The lowest BCUT2D eigenvalue weighted by Crippen LogP contribution is -2.26. The zero-order valence-corrected chi connectivity index (χ0v) is 29.8. The number of thiophene rings is 1. The Hall–Kier alpha value is -6.16. The van der Waals surface area contributed by atoms with Gasteiger partial charge in [-0.25, -0.2) is 0 Å². The van der Waals surface area contributed by atoms with Gasteiger partial charge in [0.25, 0.3) is 0 Å². The predicted octanol–water partition coefficient (Wildman–Crippen LogP) is 14.1. The zero-order chi connectivity index (χ0) is 34.6. The molecule has 0 saturated heterocycles. The third kappa shape index (κ3) is 4.17. The van der Waals surface area contributed by atoms with E-state index in [1.807, 2.05) is 11.3 Å². The molecule has 3 heterocycles. The minimum atomic E-state index is -0.203. The molecular formula is C49H34N2S. The Morgan fingerprint density at radius 1 is 0.500 bits per heavy atom. The third-order valence-corrected chi connectivity index (χ3v) is 12.5. The first-order valence-electron chi connectivity index (χ1n) is 18.0. The van der Waals surface area contributed by atoms with Crippen molar-refractivity contribution in [1.29, 1.82) is 0 Å². The molecule has 52 heavy (non-hydrogen) atoms. The highest BCUT2D eigenvalue weighted by molar-refractivity contribution is 7.26. The molecule has 246 valence electrons. The number of nitrogens with zero attached hydrogens (tertiary/aromatic N) is 2. The van der Waals surface area contributed by atoms with Gasteiger partial charge in [0.05, 0.1) is 16.7 Å². The van der Waals surface area contributed by atoms with Gasteiger partial charge in [0, 0.05) is 53.4 Å². The minimum absolute atomic E-state index is 0.203. The number of anilines is 3. The van der Waals surface area contributed by atoms with Crippen molar-refractivity contribution in [3.05, 3.63) is 181 Å². The van der Waals surface area contributed by atoms with E-state index >= 15 is 0 Å². The number of hydrogen-bond acceptors (Lipinski definition) is 2. The average molecular weight is 683 g/mol. The van der Waals surface area contributed by atoms with E-state index in [4.69, 9.17) is 0 Å². The molecule has 0 unspecified atom stereocenters. The van der Waals surface area contributed by atoms with Crippen LogP contribution in [0.25, 0.3) is 69.6 Å². The third-order valence-electron chi connectivity index (χ3n) is 11.3. The molecule has 0 aliphatic carbocycles. The van der Waals surface area contributed by atoms with Crippen LogP contribution in [0.4, 0.5) is 17.1 Å². The van der Waals surface area contributed by atoms with Gasteiger partial charge in [-0.15, -0.1) is 11.3 Å². The van der Waals surface area contributed by atoms with Crippen molar-refractivity contribution in [3.63, 3.8) is 0 Å². The molecule has 1 aliphatic heterocycles. The molecule has 11 rings (SSSR count). The van der Waals surface area contributed by atoms with E-state index in [0.29, 0.717) is 0 Å². The smallest absolute Gasteiger partial charge is 0.0596 e. The van der Waals surface area contributed by atoms with Crippen LogP contribution in [0.3, 0.4) is 0 Å². The lowest BCUT2D eigenvalue weighted by Gasteiger charge is -2.35. The lowest BCUT2D eigenvalue weighted by atomic mass is 9.73. The summed E-state index contributed by atoms with van der Waals surface area (Å²) >= 11 is 1.93. The SMILES string of the molecule is CC1(C)c2cc(-c3ccc(N(c4ccccc4)c4ccc5ccccc5c4)cc3)ccc2-n2c3ccccc3c3c4sc5ccccc5c4cc1c32. The molecular weight excluding hydrogens is 649 g/mol. The summed E-state index contributed by atoms with van der Waals surface area (Å²) in [7, 11) is 0. The standard InChI is InChI=1S/C49H34N2S/c1-49(2)41-29-34(32-20-24-36(25-21-32)50(35-14-4-3-5-15-35)37-26-22-31-12-6-7-13-33(31)28-37)23-27-44(41)51-43-18-10-8-17-39(43)46-47(51)42(49)30-40-38-16-9-11-19-45(38)52-48(40)46/h3-30H,1-2H3. The van der Waals surface area contributed by atoms with Crippen molar-refractivity contribution in [1.82, 2.24) is 4.57 Å². The Kier molecular flexibility index (Phi) is 6.21. The zero-order valence-electron chi connectivity index (χ0n) is 29.0. The van der Waals surface area contributed by atoms with Crippen LogP contribution in [-0.4, -0.2) is 4.57 Å². The molecule has 0 N–H and O–H groups in total. The van der Waals surface area contributed by atoms with Crippen molar-refractivity contribution in [2.75, 3.05) is 4.90 Å². The van der Waals surface area contributed by atoms with Crippen LogP contribution in [0.15, 0.2) is 170 Å². The lowest BCUT2D eigenvalue weighted by molar-refractivity contribution is 0.631. The Balaban J connectivity index is 1.07. The van der Waals surface area contributed by atoms with E-state index in [0.717, 1.165) is 17.1 Å². The van der Waals surface area contributed by atoms with Gasteiger partial charge in [-0.2, -0.15) is 0 Å². The second kappa shape index (κ2) is 10.9. The highest BCUT2D eigenvalue weighted by Crippen LogP contribution is 2.52. The van der Waals surface area contributed by atoms with Crippen molar-refractivity contribution in [2.45, 2.75) is 19.3 Å². The number of hydrogen-bond donors (Lipinski definition) is 0. The van der Waals surface area contributed by atoms with Crippen LogP contribution in [-0.2, 0) is 5.41 Å². The van der Waals surface area contributed by atoms with Crippen LogP contribution >= 0.6 is 11.3 Å². The van der Waals surface area contributed by atoms with E-state index in [1.165, 1.54) is 80.7 Å². The fourth-order valence-electron chi connectivity index (χ4n) is 8.76. The van der Waals surface area contributed by atoms with E-state index in [-0.39, 0.29) is 5.41 Å². The molecule has 0 atom stereocenters. The summed E-state index contributed by atoms with van der Waals surface area (Å²) in [5.74, 6) is 0. The van der Waals surface area contributed by atoms with Gasteiger partial charge in [0.15, 0.2) is 0 Å². The molecule has 0 spiro atoms. The highest BCUT2D eigenvalue weighted by Gasteiger charge is 2.36. The maximum Gasteiger partial charge on any atom is 0.0596 e. The second-order valence-corrected chi connectivity index (χ2v) is 15.6. The Bertz CT molecular complexity index is 3040. The van der Waals surface area contributed by atoms with Gasteiger partial charge in [-0.1, -0.05) is 117 Å². The fraction of sp³-hybridized carbons (Fsp3) is 0.0612. The first-order valence-corrected chi connectivity index (χ1v) is 18.8. The normalized spacial score (nSPS) is 13.3. The Morgan fingerprint density at radius 2 is 1.17 bits per heavy atom. The van der Waals surface area contributed by atoms with E-state index in [2.05, 4.69) is 193 Å². The number of benzene rings is 8. The number of aromatic nitrogens is 1. The first kappa shape index (κ1) is 29.6. The van der Waals surface area contributed by atoms with Gasteiger partial charge in [0.1, 0.15) is 0 Å². The number of para-hydroxylation sites is 2. The molecule has 0 amide bonds. The van der Waals surface area contributed by atoms with Gasteiger partial charge in [-0.05, 0) is 99.8 Å². The monoisotopic (exact) mass is 682 g/mol. The van der Waals surface area contributed by atoms with E-state index in [1.54, 1.807) is 0 Å². The summed E-state index contributed by atoms with van der Waals surface area (Å²) in [6.45, 7) is 4.83. The van der Waals surface area contributed by atoms with Crippen molar-refractivity contribution >= 4 is 81.1 Å². The summed E-state index contributed by atoms with van der Waals surface area (Å²) < 4.78 is 5.28. The maximum absolute atomic E-state index is 2.54. The van der Waals surface area contributed by atoms with Crippen molar-refractivity contribution in [2.24, 2.45) is 0 Å². The largest absolute Gasteiger partial charge is 0.310 e. The minimum Gasteiger partial charge on any atom is -0.310 e. The van der Waals surface area contributed by atoms with Crippen LogP contribution in [0.1, 0.15) is 25.0 Å². The molecule has 0 bridgehead atoms. The number of fused-ring (bicyclic) bond motifs is 10. The summed E-state index contributed by atoms with van der Waals surface area (Å²) in [6.07, 6.45) is 0. The van der Waals surface area contributed by atoms with Crippen LogP contribution in [0.2, 0.25) is 0 Å². The van der Waals surface area contributed by atoms with Gasteiger partial charge in [-0.3, -0.25) is 0 Å². The van der Waals surface area contributed by atoms with Crippen LogP contribution in [0, 0.1) is 0 Å². The van der Waals surface area contributed by atoms with Gasteiger partial charge < -0.3 is 9.47 Å². The fourth-order valence-corrected chi connectivity index (χ4v) is 10.00. The topological polar surface area (TPSA) is 8.17 Å². The molecule has 10 aromatic rings. The Labute approximate surface area is 306 Å². The molecule has 0 radical (unpaired) electrons. The molecule has 0 saturated carbocycles. The molecule has 8 aromatic carbocycles. The van der Waals surface area contributed by atoms with E-state index < -0.39 is 0 Å². The molecule has 2 aromatic heterocycles. The van der Waals surface area contributed by atoms with E-state index in [9.17, 15) is 0 Å². The van der Waals surface area contributed by atoms with Crippen molar-refractivity contribution < 1.29 is 0 Å². The quantitative estimate of drug-likeness (QED) is 0.179. The Morgan fingerprint density at radius 3 is 2.02 bits per heavy atom. The maximum atomic E-state index is 2.54. The summed E-state index contributed by atoms with van der Waals surface area (Å²) in [6, 6.07) is 62.5. The molecule has 1 aliphatic rings. The molecule has 0 fully saturated rings. The van der Waals surface area contributed by atoms with Gasteiger partial charge in [0.2, 0.25) is 0 Å². The number of rotatable bonds is 4. The van der Waals surface area contributed by atoms with Crippen LogP contribution in [0.5, 0.6) is 0 Å². The summed E-state index contributed by atoms with van der Waals surface area (Å²) in [5.41, 5.74) is 12.3. The summed E-state index contributed by atoms with van der Waals surface area (Å²) in [4.78, 5) is 2.35. The highest BCUT2D eigenvalue weighted by atomic mass is 32.1. The van der Waals surface area contributed by atoms with Gasteiger partial charge >= 0.3 is 0 Å². The predicted molar refractivity (Wildman–Crippen MR) is 223 cm³/mol. The van der Waals surface area contributed by atoms with Crippen LogP contribution < -0.4 is 4.90 Å². The first-order chi connectivity index (χ1) is 25.5. The molecule has 2 nitrogen and oxygen atoms in total.